The van der Waals surface area contributed by atoms with Crippen molar-refractivity contribution in [2.24, 2.45) is 0 Å². The van der Waals surface area contributed by atoms with Crippen molar-refractivity contribution in [2.45, 2.75) is 13.1 Å². The van der Waals surface area contributed by atoms with Crippen LogP contribution in [-0.2, 0) is 17.7 Å². The molecule has 0 heterocycles. The highest BCUT2D eigenvalue weighted by atomic mass is 31.1. The summed E-state index contributed by atoms with van der Waals surface area (Å²) in [5.74, 6) is 0.795. The summed E-state index contributed by atoms with van der Waals surface area (Å²) in [6.07, 6.45) is 0. The van der Waals surface area contributed by atoms with Crippen molar-refractivity contribution in [1.82, 2.24) is 0 Å². The van der Waals surface area contributed by atoms with Crippen molar-refractivity contribution in [2.75, 3.05) is 10.6 Å². The highest BCUT2D eigenvalue weighted by Gasteiger charge is 2.25. The lowest BCUT2D eigenvalue weighted by Crippen LogP contribution is -2.00. The first kappa shape index (κ1) is 23.0. The fraction of sp³-hybridized carbons (Fsp3) is 0.0769. The van der Waals surface area contributed by atoms with E-state index in [4.69, 9.17) is 9.05 Å². The molecule has 0 atom stereocenters. The Morgan fingerprint density at radius 1 is 0.618 bits per heavy atom. The zero-order chi connectivity index (χ0) is 23.8. The lowest BCUT2D eigenvalue weighted by Gasteiger charge is -2.09. The van der Waals surface area contributed by atoms with Crippen LogP contribution in [0.15, 0.2) is 97.1 Å². The van der Waals surface area contributed by atoms with E-state index in [0.717, 1.165) is 11.4 Å². The Labute approximate surface area is 198 Å². The smallest absolute Gasteiger partial charge is 0.508 e. The number of phenols is 2. The van der Waals surface area contributed by atoms with E-state index < -0.39 is 8.25 Å². The molecule has 0 radical (unpaired) electrons. The van der Waals surface area contributed by atoms with Crippen LogP contribution in [0, 0.1) is 0 Å². The summed E-state index contributed by atoms with van der Waals surface area (Å²) < 4.78 is 23.4. The van der Waals surface area contributed by atoms with Gasteiger partial charge in [0.15, 0.2) is 11.5 Å². The van der Waals surface area contributed by atoms with E-state index in [-0.39, 0.29) is 11.5 Å². The van der Waals surface area contributed by atoms with Crippen LogP contribution in [0.5, 0.6) is 23.0 Å². The van der Waals surface area contributed by atoms with Crippen LogP contribution in [0.25, 0.3) is 0 Å². The molecule has 0 saturated heterocycles. The minimum absolute atomic E-state index is 0.0982. The van der Waals surface area contributed by atoms with Gasteiger partial charge in [0.2, 0.25) is 0 Å². The van der Waals surface area contributed by atoms with E-state index in [0.29, 0.717) is 35.7 Å². The van der Waals surface area contributed by atoms with Crippen LogP contribution in [0.3, 0.4) is 0 Å². The maximum atomic E-state index is 12.5. The number of benzene rings is 4. The first-order valence-electron chi connectivity index (χ1n) is 10.6. The van der Waals surface area contributed by atoms with Gasteiger partial charge >= 0.3 is 8.25 Å². The third-order valence-electron chi connectivity index (χ3n) is 4.98. The maximum absolute atomic E-state index is 12.5. The number of rotatable bonds is 10. The van der Waals surface area contributed by atoms with Crippen molar-refractivity contribution < 1.29 is 23.8 Å². The van der Waals surface area contributed by atoms with E-state index >= 15 is 0 Å². The first-order chi connectivity index (χ1) is 16.6. The molecular weight excluding hydrogens is 451 g/mol. The van der Waals surface area contributed by atoms with Crippen LogP contribution < -0.4 is 19.7 Å². The lowest BCUT2D eigenvalue weighted by molar-refractivity contribution is 0.412. The van der Waals surface area contributed by atoms with Crippen molar-refractivity contribution in [3.63, 3.8) is 0 Å². The Balaban J connectivity index is 1.36. The number of hydrogen-bond acceptors (Lipinski definition) is 7. The minimum Gasteiger partial charge on any atom is -0.508 e. The largest absolute Gasteiger partial charge is 0.805 e. The molecule has 0 spiro atoms. The molecule has 4 aromatic carbocycles. The first-order valence-corrected chi connectivity index (χ1v) is 11.7. The van der Waals surface area contributed by atoms with Crippen LogP contribution in [0.1, 0.15) is 11.1 Å². The number of phenolic OH excluding ortho intramolecular Hbond substituents is 2. The van der Waals surface area contributed by atoms with E-state index in [2.05, 4.69) is 10.6 Å². The molecule has 34 heavy (non-hydrogen) atoms. The number of anilines is 2. The predicted molar refractivity (Wildman–Crippen MR) is 133 cm³/mol. The second kappa shape index (κ2) is 11.1. The molecule has 0 saturated carbocycles. The van der Waals surface area contributed by atoms with Crippen molar-refractivity contribution in [1.29, 1.82) is 0 Å². The van der Waals surface area contributed by atoms with Gasteiger partial charge in [0, 0.05) is 40.2 Å². The molecule has 7 nitrogen and oxygen atoms in total. The summed E-state index contributed by atoms with van der Waals surface area (Å²) in [4.78, 5) is 0. The minimum atomic E-state index is -2.54. The highest BCUT2D eigenvalue weighted by molar-refractivity contribution is 7.34. The topological polar surface area (TPSA) is 100 Å². The third kappa shape index (κ3) is 6.40. The lowest BCUT2D eigenvalue weighted by atomic mass is 10.2. The zero-order valence-electron chi connectivity index (χ0n) is 18.2. The van der Waals surface area contributed by atoms with Crippen LogP contribution >= 0.6 is 8.25 Å². The molecule has 172 valence electrons. The third-order valence-corrected chi connectivity index (χ3v) is 5.70. The second-order valence-corrected chi connectivity index (χ2v) is 8.24. The SMILES string of the molecule is O=[P+](Oc1ccc(O)c(CNc2ccccc2)c1)Oc1ccc(O)c(CNc2ccccc2)c1. The molecule has 8 heteroatoms. The molecule has 0 amide bonds. The molecule has 4 rings (SSSR count). The van der Waals surface area contributed by atoms with Crippen LogP contribution in [-0.4, -0.2) is 10.2 Å². The second-order valence-electron chi connectivity index (χ2n) is 7.43. The Hall–Kier alpha value is -4.22. The zero-order valence-corrected chi connectivity index (χ0v) is 19.1. The van der Waals surface area contributed by atoms with Gasteiger partial charge in [-0.05, 0) is 60.7 Å². The molecule has 0 aliphatic heterocycles. The Morgan fingerprint density at radius 3 is 1.44 bits per heavy atom. The summed E-state index contributed by atoms with van der Waals surface area (Å²) in [6, 6.07) is 28.4. The maximum Gasteiger partial charge on any atom is 0.805 e. The molecule has 0 unspecified atom stereocenters. The summed E-state index contributed by atoms with van der Waals surface area (Å²) >= 11 is 0. The summed E-state index contributed by atoms with van der Waals surface area (Å²) in [6.45, 7) is 0.723. The van der Waals surface area contributed by atoms with E-state index in [1.54, 1.807) is 12.1 Å². The molecule has 4 aromatic rings. The van der Waals surface area contributed by atoms with Gasteiger partial charge in [0.25, 0.3) is 0 Å². The molecule has 0 aliphatic carbocycles. The normalized spacial score (nSPS) is 10.4. The van der Waals surface area contributed by atoms with Gasteiger partial charge in [-0.2, -0.15) is 0 Å². The van der Waals surface area contributed by atoms with Crippen molar-refractivity contribution in [3.8, 4) is 23.0 Å². The molecule has 4 N–H and O–H groups in total. The van der Waals surface area contributed by atoms with Gasteiger partial charge in [-0.15, -0.1) is 0 Å². The standard InChI is InChI=1S/C26H23N2O5P/c29-25-13-11-23(15-19(25)17-27-21-7-3-1-4-8-21)32-34(31)33-24-12-14-26(30)20(16-24)18-28-22-9-5-2-6-10-22/h1-16,27-28H,17-18H2,(H-,29,30)/p+1. The van der Waals surface area contributed by atoms with Gasteiger partial charge in [-0.1, -0.05) is 36.4 Å². The Bertz CT molecular complexity index is 1160. The number of aromatic hydroxyl groups is 2. The van der Waals surface area contributed by atoms with Gasteiger partial charge in [-0.3, -0.25) is 0 Å². The van der Waals surface area contributed by atoms with Gasteiger partial charge in [0.05, 0.1) is 0 Å². The monoisotopic (exact) mass is 475 g/mol. The molecular formula is C26H24N2O5P+. The van der Waals surface area contributed by atoms with Crippen LogP contribution in [0.2, 0.25) is 0 Å². The average Bonchev–Trinajstić information content (AvgIpc) is 2.86. The van der Waals surface area contributed by atoms with Gasteiger partial charge in [-0.25, -0.2) is 9.05 Å². The predicted octanol–water partition coefficient (Wildman–Crippen LogP) is 6.44. The van der Waals surface area contributed by atoms with Crippen molar-refractivity contribution in [3.05, 3.63) is 108 Å². The number of para-hydroxylation sites is 2. The van der Waals surface area contributed by atoms with Crippen LogP contribution in [0.4, 0.5) is 11.4 Å². The number of nitrogens with one attached hydrogen (secondary N) is 2. The number of hydrogen-bond donors (Lipinski definition) is 4. The quantitative estimate of drug-likeness (QED) is 0.196. The Morgan fingerprint density at radius 2 is 1.03 bits per heavy atom. The highest BCUT2D eigenvalue weighted by Crippen LogP contribution is 2.34. The van der Waals surface area contributed by atoms with Gasteiger partial charge in [0.1, 0.15) is 11.5 Å². The summed E-state index contributed by atoms with van der Waals surface area (Å²) in [5, 5.41) is 26.7. The van der Waals surface area contributed by atoms with E-state index in [9.17, 15) is 14.8 Å². The van der Waals surface area contributed by atoms with Crippen molar-refractivity contribution >= 4 is 19.6 Å². The summed E-state index contributed by atoms with van der Waals surface area (Å²) in [5.41, 5.74) is 2.99. The molecule has 0 fully saturated rings. The van der Waals surface area contributed by atoms with Gasteiger partial charge < -0.3 is 20.8 Å². The summed E-state index contributed by atoms with van der Waals surface area (Å²) in [7, 11) is -2.54. The Kier molecular flexibility index (Phi) is 7.48. The fourth-order valence-electron chi connectivity index (χ4n) is 3.22. The average molecular weight is 475 g/mol. The van der Waals surface area contributed by atoms with E-state index in [1.807, 2.05) is 60.7 Å². The van der Waals surface area contributed by atoms with E-state index in [1.165, 1.54) is 24.3 Å². The molecule has 0 bridgehead atoms. The molecule has 0 aromatic heterocycles. The molecule has 0 aliphatic rings. The fourth-order valence-corrected chi connectivity index (χ4v) is 3.83.